The molecule has 102 valence electrons. The summed E-state index contributed by atoms with van der Waals surface area (Å²) in [5.74, 6) is -0.403. The van der Waals surface area contributed by atoms with Gasteiger partial charge in [-0.2, -0.15) is 5.26 Å². The number of rotatable bonds is 4. The number of nitrogens with zero attached hydrogens (tertiary/aromatic N) is 2. The van der Waals surface area contributed by atoms with Gasteiger partial charge in [0.1, 0.15) is 11.7 Å². The van der Waals surface area contributed by atoms with Gasteiger partial charge in [0.2, 0.25) is 0 Å². The molecule has 2 rings (SSSR count). The number of aromatic nitrogens is 1. The predicted molar refractivity (Wildman–Crippen MR) is 77.3 cm³/mol. The second-order valence-electron chi connectivity index (χ2n) is 4.35. The molecule has 0 radical (unpaired) electrons. The van der Waals surface area contributed by atoms with E-state index < -0.39 is 5.92 Å². The van der Waals surface area contributed by atoms with Crippen LogP contribution in [0.4, 0.5) is 0 Å². The smallest absolute Gasteiger partial charge is 0.196 e. The van der Waals surface area contributed by atoms with Crippen molar-refractivity contribution >= 4 is 17.1 Å². The minimum Gasteiger partial charge on any atom is -0.497 e. The van der Waals surface area contributed by atoms with Crippen LogP contribution in [0.2, 0.25) is 0 Å². The fourth-order valence-electron chi connectivity index (χ4n) is 2.00. The van der Waals surface area contributed by atoms with Gasteiger partial charge in [0.15, 0.2) is 5.78 Å². The molecule has 1 atom stereocenters. The summed E-state index contributed by atoms with van der Waals surface area (Å²) in [6.45, 7) is 3.64. The number of carbonyl (C=O) groups is 1. The van der Waals surface area contributed by atoms with Gasteiger partial charge in [-0.15, -0.1) is 11.3 Å². The average Bonchev–Trinajstić information content (AvgIpc) is 2.78. The van der Waals surface area contributed by atoms with E-state index >= 15 is 0 Å². The van der Waals surface area contributed by atoms with E-state index in [0.717, 1.165) is 5.01 Å². The number of aryl methyl sites for hydroxylation is 2. The Balaban J connectivity index is 2.40. The lowest BCUT2D eigenvalue weighted by molar-refractivity contribution is 0.0982. The number of thiazole rings is 1. The highest BCUT2D eigenvalue weighted by atomic mass is 32.1. The molecule has 4 nitrogen and oxygen atoms in total. The molecule has 2 aromatic rings. The van der Waals surface area contributed by atoms with Gasteiger partial charge in [0.05, 0.1) is 28.8 Å². The third kappa shape index (κ3) is 2.70. The van der Waals surface area contributed by atoms with Crippen LogP contribution >= 0.6 is 11.3 Å². The molecule has 1 aromatic heterocycles. The number of hydrogen-bond donors (Lipinski definition) is 0. The zero-order chi connectivity index (χ0) is 14.7. The summed E-state index contributed by atoms with van der Waals surface area (Å²) in [6, 6.07) is 9.11. The maximum atomic E-state index is 12.5. The van der Waals surface area contributed by atoms with Gasteiger partial charge in [-0.3, -0.25) is 4.79 Å². The van der Waals surface area contributed by atoms with Crippen molar-refractivity contribution in [2.75, 3.05) is 7.11 Å². The SMILES string of the molecule is COc1cccc(C(C#N)C(=O)c2sc(C)nc2C)c1. The van der Waals surface area contributed by atoms with Crippen molar-refractivity contribution in [2.45, 2.75) is 19.8 Å². The minimum atomic E-state index is -0.830. The third-order valence-electron chi connectivity index (χ3n) is 2.95. The van der Waals surface area contributed by atoms with Crippen LogP contribution in [0.5, 0.6) is 5.75 Å². The lowest BCUT2D eigenvalue weighted by Crippen LogP contribution is -2.11. The second kappa shape index (κ2) is 5.85. The van der Waals surface area contributed by atoms with Crippen molar-refractivity contribution in [1.29, 1.82) is 5.26 Å². The van der Waals surface area contributed by atoms with Crippen LogP contribution < -0.4 is 4.74 Å². The Kier molecular flexibility index (Phi) is 4.16. The summed E-state index contributed by atoms with van der Waals surface area (Å²) in [6.07, 6.45) is 0. The zero-order valence-electron chi connectivity index (χ0n) is 11.5. The third-order valence-corrected chi connectivity index (χ3v) is 4.03. The first-order chi connectivity index (χ1) is 9.56. The second-order valence-corrected chi connectivity index (χ2v) is 5.55. The van der Waals surface area contributed by atoms with Crippen LogP contribution in [0.3, 0.4) is 0 Å². The lowest BCUT2D eigenvalue weighted by atomic mass is 9.94. The molecule has 0 aliphatic rings. The Morgan fingerprint density at radius 3 is 2.75 bits per heavy atom. The lowest BCUT2D eigenvalue weighted by Gasteiger charge is -2.09. The summed E-state index contributed by atoms with van der Waals surface area (Å²) in [5.41, 5.74) is 1.32. The maximum absolute atomic E-state index is 12.5. The Bertz CT molecular complexity index is 685. The molecule has 5 heteroatoms. The molecule has 0 bridgehead atoms. The first kappa shape index (κ1) is 14.2. The van der Waals surface area contributed by atoms with Gasteiger partial charge < -0.3 is 4.74 Å². The average molecular weight is 286 g/mol. The summed E-state index contributed by atoms with van der Waals surface area (Å²) in [5, 5.41) is 10.2. The molecule has 0 aliphatic heterocycles. The topological polar surface area (TPSA) is 63.0 Å². The van der Waals surface area contributed by atoms with Crippen molar-refractivity contribution in [2.24, 2.45) is 0 Å². The molecule has 1 aromatic carbocycles. The van der Waals surface area contributed by atoms with Crippen LogP contribution in [-0.4, -0.2) is 17.9 Å². The quantitative estimate of drug-likeness (QED) is 0.809. The summed E-state index contributed by atoms with van der Waals surface area (Å²) in [7, 11) is 1.55. The molecule has 20 heavy (non-hydrogen) atoms. The van der Waals surface area contributed by atoms with Crippen LogP contribution in [0, 0.1) is 25.2 Å². The highest BCUT2D eigenvalue weighted by Crippen LogP contribution is 2.28. The fourth-order valence-corrected chi connectivity index (χ4v) is 2.89. The van der Waals surface area contributed by atoms with E-state index in [0.29, 0.717) is 21.9 Å². The van der Waals surface area contributed by atoms with Gasteiger partial charge in [0.25, 0.3) is 0 Å². The van der Waals surface area contributed by atoms with Gasteiger partial charge in [-0.1, -0.05) is 12.1 Å². The maximum Gasteiger partial charge on any atom is 0.196 e. The monoisotopic (exact) mass is 286 g/mol. The van der Waals surface area contributed by atoms with E-state index in [4.69, 9.17) is 4.74 Å². The van der Waals surface area contributed by atoms with Gasteiger partial charge in [-0.05, 0) is 31.5 Å². The molecule has 0 saturated heterocycles. The highest BCUT2D eigenvalue weighted by Gasteiger charge is 2.25. The van der Waals surface area contributed by atoms with Gasteiger partial charge in [-0.25, -0.2) is 4.98 Å². The molecule has 0 spiro atoms. The van der Waals surface area contributed by atoms with E-state index in [1.54, 1.807) is 38.3 Å². The molecule has 0 fully saturated rings. The molecule has 1 heterocycles. The minimum absolute atomic E-state index is 0.205. The normalized spacial score (nSPS) is 11.7. The summed E-state index contributed by atoms with van der Waals surface area (Å²) in [4.78, 5) is 17.3. The number of ketones is 1. The molecule has 1 unspecified atom stereocenters. The Morgan fingerprint density at radius 2 is 2.20 bits per heavy atom. The first-order valence-electron chi connectivity index (χ1n) is 6.08. The van der Waals surface area contributed by atoms with Crippen LogP contribution in [-0.2, 0) is 0 Å². The number of methoxy groups -OCH3 is 1. The van der Waals surface area contributed by atoms with Crippen molar-refractivity contribution in [3.63, 3.8) is 0 Å². The molecular weight excluding hydrogens is 272 g/mol. The Labute approximate surface area is 121 Å². The summed E-state index contributed by atoms with van der Waals surface area (Å²) >= 11 is 1.33. The molecule has 0 N–H and O–H groups in total. The number of Topliss-reactive ketones (excluding diaryl/α,β-unsaturated/α-hetero) is 1. The molecular formula is C15H14N2O2S. The Hall–Kier alpha value is -2.19. The van der Waals surface area contributed by atoms with Crippen molar-refractivity contribution in [1.82, 2.24) is 4.98 Å². The molecule has 0 aliphatic carbocycles. The standard InChI is InChI=1S/C15H14N2O2S/c1-9-15(20-10(2)17-9)14(18)13(8-16)11-5-4-6-12(7-11)19-3/h4-7,13H,1-3H3. The van der Waals surface area contributed by atoms with Crippen molar-refractivity contribution < 1.29 is 9.53 Å². The molecule has 0 saturated carbocycles. The number of benzene rings is 1. The van der Waals surface area contributed by atoms with E-state index in [9.17, 15) is 10.1 Å². The largest absolute Gasteiger partial charge is 0.497 e. The van der Waals surface area contributed by atoms with Gasteiger partial charge >= 0.3 is 0 Å². The van der Waals surface area contributed by atoms with Crippen LogP contribution in [0.1, 0.15) is 31.9 Å². The number of nitriles is 1. The van der Waals surface area contributed by atoms with Gasteiger partial charge in [0, 0.05) is 0 Å². The van der Waals surface area contributed by atoms with Crippen LogP contribution in [0.25, 0.3) is 0 Å². The van der Waals surface area contributed by atoms with E-state index in [-0.39, 0.29) is 5.78 Å². The number of ether oxygens (including phenoxy) is 1. The highest BCUT2D eigenvalue weighted by molar-refractivity contribution is 7.13. The van der Waals surface area contributed by atoms with E-state index in [2.05, 4.69) is 11.1 Å². The number of carbonyl (C=O) groups excluding carboxylic acids is 1. The Morgan fingerprint density at radius 1 is 1.45 bits per heavy atom. The predicted octanol–water partition coefficient (Wildman–Crippen LogP) is 3.26. The van der Waals surface area contributed by atoms with Crippen molar-refractivity contribution in [3.05, 3.63) is 45.4 Å². The molecule has 0 amide bonds. The van der Waals surface area contributed by atoms with Crippen LogP contribution in [0.15, 0.2) is 24.3 Å². The zero-order valence-corrected chi connectivity index (χ0v) is 12.3. The number of hydrogen-bond acceptors (Lipinski definition) is 5. The van der Waals surface area contributed by atoms with E-state index in [1.807, 2.05) is 6.92 Å². The first-order valence-corrected chi connectivity index (χ1v) is 6.90. The fraction of sp³-hybridized carbons (Fsp3) is 0.267. The van der Waals surface area contributed by atoms with E-state index in [1.165, 1.54) is 11.3 Å². The van der Waals surface area contributed by atoms with Crippen molar-refractivity contribution in [3.8, 4) is 11.8 Å². The summed E-state index contributed by atoms with van der Waals surface area (Å²) < 4.78 is 5.13.